The highest BCUT2D eigenvalue weighted by Crippen LogP contribution is 2.08. The maximum atomic E-state index is 11.6. The molecule has 0 aliphatic carbocycles. The zero-order valence-corrected chi connectivity index (χ0v) is 11.0. The molecule has 1 aromatic rings. The lowest BCUT2D eigenvalue weighted by molar-refractivity contribution is 0.640. The van der Waals surface area contributed by atoms with E-state index in [1.54, 1.807) is 6.07 Å². The van der Waals surface area contributed by atoms with E-state index in [2.05, 4.69) is 11.6 Å². The first-order valence-electron chi connectivity index (χ1n) is 6.45. The second kappa shape index (κ2) is 7.10. The van der Waals surface area contributed by atoms with Crippen molar-refractivity contribution >= 4 is 0 Å². The Bertz CT molecular complexity index is 417. The van der Waals surface area contributed by atoms with E-state index >= 15 is 0 Å². The Morgan fingerprint density at radius 2 is 1.94 bits per heavy atom. The van der Waals surface area contributed by atoms with Crippen LogP contribution in [0.4, 0.5) is 0 Å². The van der Waals surface area contributed by atoms with Crippen LogP contribution in [-0.4, -0.2) is 4.98 Å². The van der Waals surface area contributed by atoms with Crippen LogP contribution in [0.5, 0.6) is 0 Å². The molecule has 1 N–H and O–H groups in total. The highest BCUT2D eigenvalue weighted by molar-refractivity contribution is 5.20. The second-order valence-electron chi connectivity index (χ2n) is 4.65. The molecule has 2 nitrogen and oxygen atoms in total. The van der Waals surface area contributed by atoms with E-state index < -0.39 is 0 Å². The van der Waals surface area contributed by atoms with Crippen molar-refractivity contribution in [1.29, 1.82) is 0 Å². The normalized spacial score (nSPS) is 10.5. The summed E-state index contributed by atoms with van der Waals surface area (Å²) in [6, 6.07) is 1.74. The fraction of sp³-hybridized carbons (Fsp3) is 0.533. The summed E-state index contributed by atoms with van der Waals surface area (Å²) in [5.74, 6) is 0. The van der Waals surface area contributed by atoms with Crippen molar-refractivity contribution in [2.24, 2.45) is 0 Å². The third-order valence-corrected chi connectivity index (χ3v) is 3.19. The number of aryl methyl sites for hydroxylation is 2. The van der Waals surface area contributed by atoms with Gasteiger partial charge in [0, 0.05) is 23.0 Å². The molecular weight excluding hydrogens is 210 g/mol. The summed E-state index contributed by atoms with van der Waals surface area (Å²) >= 11 is 0. The van der Waals surface area contributed by atoms with E-state index in [-0.39, 0.29) is 5.43 Å². The molecule has 0 bridgehead atoms. The molecule has 94 valence electrons. The van der Waals surface area contributed by atoms with Crippen molar-refractivity contribution in [3.8, 4) is 0 Å². The van der Waals surface area contributed by atoms with E-state index in [0.29, 0.717) is 0 Å². The lowest BCUT2D eigenvalue weighted by Gasteiger charge is -2.05. The topological polar surface area (TPSA) is 32.9 Å². The third-order valence-electron chi connectivity index (χ3n) is 3.19. The molecule has 1 heterocycles. The number of rotatable bonds is 7. The summed E-state index contributed by atoms with van der Waals surface area (Å²) in [7, 11) is 0. The van der Waals surface area contributed by atoms with Crippen molar-refractivity contribution in [1.82, 2.24) is 4.98 Å². The number of nitrogens with one attached hydrogen (secondary N) is 1. The second-order valence-corrected chi connectivity index (χ2v) is 4.65. The summed E-state index contributed by atoms with van der Waals surface area (Å²) in [5, 5.41) is 0. The smallest absolute Gasteiger partial charge is 0.184 e. The van der Waals surface area contributed by atoms with Crippen LogP contribution in [0.1, 0.15) is 49.1 Å². The van der Waals surface area contributed by atoms with Crippen molar-refractivity contribution < 1.29 is 0 Å². The molecule has 0 spiro atoms. The fourth-order valence-electron chi connectivity index (χ4n) is 1.91. The molecule has 0 amide bonds. The Morgan fingerprint density at radius 1 is 1.24 bits per heavy atom. The van der Waals surface area contributed by atoms with Crippen LogP contribution in [0.2, 0.25) is 0 Å². The monoisotopic (exact) mass is 233 g/mol. The SMILES string of the molecule is C=CCCCCCCc1cc(=O)c(C)c(C)[nH]1. The van der Waals surface area contributed by atoms with E-state index in [4.69, 9.17) is 0 Å². The highest BCUT2D eigenvalue weighted by Gasteiger charge is 2.01. The average molecular weight is 233 g/mol. The van der Waals surface area contributed by atoms with E-state index in [9.17, 15) is 4.79 Å². The molecule has 17 heavy (non-hydrogen) atoms. The minimum Gasteiger partial charge on any atom is -0.362 e. The molecule has 0 aliphatic rings. The van der Waals surface area contributed by atoms with Gasteiger partial charge in [0.05, 0.1) is 0 Å². The molecule has 0 saturated carbocycles. The standard InChI is InChI=1S/C15H23NO/c1-4-5-6-7-8-9-10-14-11-15(17)12(2)13(3)16-14/h4,11H,1,5-10H2,2-3H3,(H,16,17). The minimum absolute atomic E-state index is 0.155. The maximum absolute atomic E-state index is 11.6. The molecule has 0 radical (unpaired) electrons. The van der Waals surface area contributed by atoms with Gasteiger partial charge in [0.1, 0.15) is 0 Å². The van der Waals surface area contributed by atoms with Gasteiger partial charge in [-0.1, -0.05) is 18.9 Å². The Labute approximate surface area is 104 Å². The Hall–Kier alpha value is -1.31. The predicted octanol–water partition coefficient (Wildman–Crippen LogP) is 3.67. The molecular formula is C15H23NO. The number of allylic oxidation sites excluding steroid dienone is 1. The number of H-pyrrole nitrogens is 1. The van der Waals surface area contributed by atoms with Crippen molar-refractivity contribution in [2.75, 3.05) is 0 Å². The molecule has 1 aromatic heterocycles. The Kier molecular flexibility index (Phi) is 5.75. The van der Waals surface area contributed by atoms with Gasteiger partial charge in [0.2, 0.25) is 0 Å². The van der Waals surface area contributed by atoms with Gasteiger partial charge in [-0.2, -0.15) is 0 Å². The lowest BCUT2D eigenvalue weighted by atomic mass is 10.1. The van der Waals surface area contributed by atoms with Crippen LogP contribution in [0.15, 0.2) is 23.5 Å². The van der Waals surface area contributed by atoms with Crippen LogP contribution in [0.3, 0.4) is 0 Å². The van der Waals surface area contributed by atoms with Gasteiger partial charge >= 0.3 is 0 Å². The molecule has 2 heteroatoms. The lowest BCUT2D eigenvalue weighted by Crippen LogP contribution is -2.10. The first-order valence-corrected chi connectivity index (χ1v) is 6.45. The van der Waals surface area contributed by atoms with Gasteiger partial charge in [0.15, 0.2) is 5.43 Å². The van der Waals surface area contributed by atoms with Crippen LogP contribution in [0, 0.1) is 13.8 Å². The van der Waals surface area contributed by atoms with Gasteiger partial charge in [-0.15, -0.1) is 6.58 Å². The molecule has 0 fully saturated rings. The van der Waals surface area contributed by atoms with E-state index in [1.807, 2.05) is 19.9 Å². The number of pyridine rings is 1. The van der Waals surface area contributed by atoms with Gasteiger partial charge in [-0.05, 0) is 39.5 Å². The number of hydrogen-bond donors (Lipinski definition) is 1. The number of hydrogen-bond acceptors (Lipinski definition) is 1. The molecule has 1 rings (SSSR count). The number of unbranched alkanes of at least 4 members (excludes halogenated alkanes) is 4. The zero-order chi connectivity index (χ0) is 12.7. The summed E-state index contributed by atoms with van der Waals surface area (Å²) in [6.07, 6.45) is 8.91. The molecule has 0 aliphatic heterocycles. The van der Waals surface area contributed by atoms with Gasteiger partial charge in [-0.25, -0.2) is 0 Å². The summed E-state index contributed by atoms with van der Waals surface area (Å²) in [4.78, 5) is 14.9. The summed E-state index contributed by atoms with van der Waals surface area (Å²) in [6.45, 7) is 7.54. The Morgan fingerprint density at radius 3 is 2.59 bits per heavy atom. The molecule has 0 saturated heterocycles. The maximum Gasteiger partial charge on any atom is 0.184 e. The minimum atomic E-state index is 0.155. The first-order chi connectivity index (χ1) is 8.15. The molecule has 0 atom stereocenters. The van der Waals surface area contributed by atoms with Crippen molar-refractivity contribution in [3.63, 3.8) is 0 Å². The van der Waals surface area contributed by atoms with Crippen molar-refractivity contribution in [3.05, 3.63) is 45.9 Å². The summed E-state index contributed by atoms with van der Waals surface area (Å²) in [5.41, 5.74) is 3.06. The highest BCUT2D eigenvalue weighted by atomic mass is 16.1. The van der Waals surface area contributed by atoms with Crippen LogP contribution >= 0.6 is 0 Å². The molecule has 0 unspecified atom stereocenters. The third kappa shape index (κ3) is 4.59. The average Bonchev–Trinajstić information content (AvgIpc) is 2.30. The first kappa shape index (κ1) is 13.8. The quantitative estimate of drug-likeness (QED) is 0.565. The van der Waals surface area contributed by atoms with Gasteiger partial charge in [0.25, 0.3) is 0 Å². The zero-order valence-electron chi connectivity index (χ0n) is 11.0. The fourth-order valence-corrected chi connectivity index (χ4v) is 1.91. The number of aromatic nitrogens is 1. The van der Waals surface area contributed by atoms with E-state index in [1.165, 1.54) is 19.3 Å². The van der Waals surface area contributed by atoms with Crippen LogP contribution < -0.4 is 5.43 Å². The summed E-state index contributed by atoms with van der Waals surface area (Å²) < 4.78 is 0. The van der Waals surface area contributed by atoms with E-state index in [0.717, 1.165) is 36.2 Å². The number of aromatic amines is 1. The van der Waals surface area contributed by atoms with Gasteiger partial charge in [-0.3, -0.25) is 4.79 Å². The van der Waals surface area contributed by atoms with Crippen molar-refractivity contribution in [2.45, 2.75) is 52.4 Å². The van der Waals surface area contributed by atoms with Crippen LogP contribution in [-0.2, 0) is 6.42 Å². The Balaban J connectivity index is 2.37. The predicted molar refractivity (Wildman–Crippen MR) is 73.5 cm³/mol. The largest absolute Gasteiger partial charge is 0.362 e. The van der Waals surface area contributed by atoms with Crippen LogP contribution in [0.25, 0.3) is 0 Å². The van der Waals surface area contributed by atoms with Gasteiger partial charge < -0.3 is 4.98 Å². The molecule has 0 aromatic carbocycles.